The van der Waals surface area contributed by atoms with Crippen molar-refractivity contribution in [2.45, 2.75) is 56.9 Å². The first kappa shape index (κ1) is 26.1. The summed E-state index contributed by atoms with van der Waals surface area (Å²) in [6.07, 6.45) is 0.545. The molecule has 0 saturated heterocycles. The molecule has 0 bridgehead atoms. The van der Waals surface area contributed by atoms with Crippen molar-refractivity contribution in [3.8, 4) is 23.0 Å². The summed E-state index contributed by atoms with van der Waals surface area (Å²) in [6.45, 7) is 13.5. The van der Waals surface area contributed by atoms with E-state index in [-0.39, 0.29) is 0 Å². The molecule has 0 aromatic heterocycles. The van der Waals surface area contributed by atoms with Crippen molar-refractivity contribution in [2.24, 2.45) is 0 Å². The van der Waals surface area contributed by atoms with Crippen molar-refractivity contribution in [1.82, 2.24) is 0 Å². The average Bonchev–Trinajstić information content (AvgIpc) is 2.87. The van der Waals surface area contributed by atoms with Crippen molar-refractivity contribution in [2.75, 3.05) is 0 Å². The molecule has 39 heavy (non-hydrogen) atoms. The SMILES string of the molecule is C[Si](C)(C)OC1(CC2(O[Si](C)(C)C)c3ccccc3Oc3ccccc32)c2ccccc2Oc2ccccc21. The lowest BCUT2D eigenvalue weighted by Crippen LogP contribution is -2.52. The summed E-state index contributed by atoms with van der Waals surface area (Å²) in [5, 5.41) is 0. The topological polar surface area (TPSA) is 36.9 Å². The van der Waals surface area contributed by atoms with Gasteiger partial charge in [-0.2, -0.15) is 0 Å². The molecule has 6 rings (SSSR count). The van der Waals surface area contributed by atoms with Gasteiger partial charge in [0, 0.05) is 28.7 Å². The Kier molecular flexibility index (Phi) is 6.15. The van der Waals surface area contributed by atoms with Crippen LogP contribution in [0.4, 0.5) is 0 Å². The first-order valence-corrected chi connectivity index (χ1v) is 20.5. The van der Waals surface area contributed by atoms with Crippen LogP contribution < -0.4 is 9.47 Å². The van der Waals surface area contributed by atoms with Gasteiger partial charge in [-0.25, -0.2) is 0 Å². The predicted octanol–water partition coefficient (Wildman–Crippen LogP) is 9.18. The number of fused-ring (bicyclic) bond motifs is 4. The highest BCUT2D eigenvalue weighted by Crippen LogP contribution is 2.60. The van der Waals surface area contributed by atoms with E-state index >= 15 is 0 Å². The van der Waals surface area contributed by atoms with Crippen LogP contribution in [-0.4, -0.2) is 16.6 Å². The monoisotopic (exact) mass is 552 g/mol. The summed E-state index contributed by atoms with van der Waals surface area (Å²) in [5.74, 6) is 3.30. The number of ether oxygens (including phenoxy) is 2. The summed E-state index contributed by atoms with van der Waals surface area (Å²) in [5.41, 5.74) is 2.51. The minimum Gasteiger partial charge on any atom is -0.457 e. The van der Waals surface area contributed by atoms with E-state index in [1.807, 2.05) is 48.5 Å². The molecule has 0 N–H and O–H groups in total. The molecule has 0 amide bonds. The fourth-order valence-electron chi connectivity index (χ4n) is 6.15. The van der Waals surface area contributed by atoms with E-state index in [0.29, 0.717) is 6.42 Å². The zero-order chi connectivity index (χ0) is 27.5. The zero-order valence-corrected chi connectivity index (χ0v) is 25.6. The lowest BCUT2D eigenvalue weighted by atomic mass is 9.70. The molecule has 0 atom stereocenters. The van der Waals surface area contributed by atoms with Crippen molar-refractivity contribution in [3.05, 3.63) is 119 Å². The molecule has 200 valence electrons. The van der Waals surface area contributed by atoms with Gasteiger partial charge in [0.2, 0.25) is 0 Å². The molecule has 6 heteroatoms. The van der Waals surface area contributed by atoms with Crippen LogP contribution in [0, 0.1) is 0 Å². The summed E-state index contributed by atoms with van der Waals surface area (Å²) >= 11 is 0. The van der Waals surface area contributed by atoms with Crippen molar-refractivity contribution in [3.63, 3.8) is 0 Å². The maximum absolute atomic E-state index is 7.45. The molecule has 0 fully saturated rings. The highest BCUT2D eigenvalue weighted by atomic mass is 28.4. The third kappa shape index (κ3) is 4.55. The van der Waals surface area contributed by atoms with E-state index in [2.05, 4.69) is 87.8 Å². The Labute approximate surface area is 233 Å². The van der Waals surface area contributed by atoms with Gasteiger partial charge in [-0.1, -0.05) is 72.8 Å². The Balaban J connectivity index is 1.71. The van der Waals surface area contributed by atoms with Gasteiger partial charge in [0.25, 0.3) is 0 Å². The second-order valence-electron chi connectivity index (χ2n) is 12.4. The molecule has 4 nitrogen and oxygen atoms in total. The fourth-order valence-corrected chi connectivity index (χ4v) is 8.83. The molecule has 0 saturated carbocycles. The van der Waals surface area contributed by atoms with E-state index < -0.39 is 27.8 Å². The van der Waals surface area contributed by atoms with Crippen LogP contribution in [0.25, 0.3) is 0 Å². The highest BCUT2D eigenvalue weighted by molar-refractivity contribution is 6.70. The highest BCUT2D eigenvalue weighted by Gasteiger charge is 2.56. The van der Waals surface area contributed by atoms with E-state index in [0.717, 1.165) is 45.3 Å². The molecule has 0 spiro atoms. The molecule has 0 aliphatic carbocycles. The summed E-state index contributed by atoms with van der Waals surface area (Å²) in [6, 6.07) is 33.2. The van der Waals surface area contributed by atoms with Crippen molar-refractivity contribution in [1.29, 1.82) is 0 Å². The van der Waals surface area contributed by atoms with Gasteiger partial charge in [0.1, 0.15) is 34.2 Å². The van der Waals surface area contributed by atoms with Crippen molar-refractivity contribution < 1.29 is 18.3 Å². The third-order valence-corrected chi connectivity index (χ3v) is 9.11. The van der Waals surface area contributed by atoms with E-state index in [4.69, 9.17) is 18.3 Å². The minimum atomic E-state index is -2.14. The summed E-state index contributed by atoms with van der Waals surface area (Å²) in [7, 11) is -4.29. The van der Waals surface area contributed by atoms with Gasteiger partial charge in [0.05, 0.1) is 0 Å². The van der Waals surface area contributed by atoms with Crippen LogP contribution >= 0.6 is 0 Å². The lowest BCUT2D eigenvalue weighted by Gasteiger charge is -2.51. The standard InChI is InChI=1S/C33H36O4Si2/c1-38(2,3)36-32(24-15-7-11-19-28(24)34-29-20-12-8-16-25(29)32)23-33(37-39(4,5)6)26-17-9-13-21-30(26)35-31-22-14-10-18-27(31)33/h7-22H,23H2,1-6H3. The third-order valence-electron chi connectivity index (χ3n) is 7.19. The fraction of sp³-hybridized carbons (Fsp3) is 0.273. The van der Waals surface area contributed by atoms with E-state index in [1.54, 1.807) is 0 Å². The normalized spacial score (nSPS) is 16.6. The molecule has 2 heterocycles. The molecular formula is C33H36O4Si2. The Morgan fingerprint density at radius 1 is 0.462 bits per heavy atom. The summed E-state index contributed by atoms with van der Waals surface area (Å²) < 4.78 is 27.9. The summed E-state index contributed by atoms with van der Waals surface area (Å²) in [4.78, 5) is 0. The predicted molar refractivity (Wildman–Crippen MR) is 161 cm³/mol. The maximum atomic E-state index is 7.45. The van der Waals surface area contributed by atoms with Crippen LogP contribution in [-0.2, 0) is 20.1 Å². The number of rotatable bonds is 6. The Morgan fingerprint density at radius 2 is 0.718 bits per heavy atom. The molecule has 0 unspecified atom stereocenters. The Bertz CT molecular complexity index is 1330. The van der Waals surface area contributed by atoms with Gasteiger partial charge >= 0.3 is 0 Å². The maximum Gasteiger partial charge on any atom is 0.185 e. The first-order valence-electron chi connectivity index (χ1n) is 13.6. The largest absolute Gasteiger partial charge is 0.457 e. The lowest BCUT2D eigenvalue weighted by molar-refractivity contribution is -0.0148. The first-order chi connectivity index (χ1) is 18.5. The van der Waals surface area contributed by atoms with Crippen molar-refractivity contribution >= 4 is 16.6 Å². The van der Waals surface area contributed by atoms with Crippen LogP contribution in [0.1, 0.15) is 28.7 Å². The molecule has 0 radical (unpaired) electrons. The van der Waals surface area contributed by atoms with Gasteiger partial charge < -0.3 is 18.3 Å². The second kappa shape index (κ2) is 9.20. The van der Waals surface area contributed by atoms with Gasteiger partial charge in [-0.15, -0.1) is 0 Å². The van der Waals surface area contributed by atoms with Crippen LogP contribution in [0.3, 0.4) is 0 Å². The molecule has 2 aliphatic rings. The second-order valence-corrected chi connectivity index (χ2v) is 21.3. The molecular weight excluding hydrogens is 517 g/mol. The Morgan fingerprint density at radius 3 is 0.974 bits per heavy atom. The molecule has 2 aliphatic heterocycles. The molecule has 4 aromatic rings. The number of para-hydroxylation sites is 4. The van der Waals surface area contributed by atoms with Crippen LogP contribution in [0.2, 0.25) is 39.3 Å². The van der Waals surface area contributed by atoms with Gasteiger partial charge in [-0.05, 0) is 63.5 Å². The van der Waals surface area contributed by atoms with E-state index in [9.17, 15) is 0 Å². The number of benzene rings is 4. The quantitative estimate of drug-likeness (QED) is 0.223. The zero-order valence-electron chi connectivity index (χ0n) is 23.6. The van der Waals surface area contributed by atoms with Crippen LogP contribution in [0.15, 0.2) is 97.1 Å². The van der Waals surface area contributed by atoms with Gasteiger partial charge in [-0.3, -0.25) is 0 Å². The minimum absolute atomic E-state index is 0.545. The number of hydrogen-bond donors (Lipinski definition) is 0. The van der Waals surface area contributed by atoms with Gasteiger partial charge in [0.15, 0.2) is 16.6 Å². The number of hydrogen-bond acceptors (Lipinski definition) is 4. The smallest absolute Gasteiger partial charge is 0.185 e. The van der Waals surface area contributed by atoms with Crippen LogP contribution in [0.5, 0.6) is 23.0 Å². The Hall–Kier alpha value is -3.17. The average molecular weight is 553 g/mol. The molecule has 4 aromatic carbocycles. The van der Waals surface area contributed by atoms with E-state index in [1.165, 1.54) is 0 Å².